The largest absolute Gasteiger partial charge is 0.329 e. The summed E-state index contributed by atoms with van der Waals surface area (Å²) >= 11 is 0. The van der Waals surface area contributed by atoms with Crippen LogP contribution in [0.15, 0.2) is 0 Å². The van der Waals surface area contributed by atoms with Gasteiger partial charge in [-0.25, -0.2) is 0 Å². The van der Waals surface area contributed by atoms with Gasteiger partial charge in [0.2, 0.25) is 0 Å². The van der Waals surface area contributed by atoms with Crippen LogP contribution in [-0.4, -0.2) is 37.4 Å². The van der Waals surface area contributed by atoms with Crippen LogP contribution in [0.4, 0.5) is 0 Å². The normalized spacial score (nSPS) is 14.7. The predicted molar refractivity (Wildman–Crippen MR) is 62.7 cm³/mol. The molecule has 0 heterocycles. The second kappa shape index (κ2) is 4.37. The summed E-state index contributed by atoms with van der Waals surface area (Å²) in [6, 6.07) is 0. The molecule has 0 rings (SSSR count). The van der Waals surface area contributed by atoms with Gasteiger partial charge in [0.15, 0.2) is 0 Å². The van der Waals surface area contributed by atoms with E-state index in [1.165, 1.54) is 11.4 Å². The Morgan fingerprint density at radius 2 is 1.60 bits per heavy atom. The topological polar surface area (TPSA) is 75.4 Å². The second-order valence-electron chi connectivity index (χ2n) is 5.34. The lowest BCUT2D eigenvalue weighted by molar-refractivity contribution is 0.266. The van der Waals surface area contributed by atoms with Crippen LogP contribution in [0.1, 0.15) is 34.6 Å². The molecule has 0 aromatic carbocycles. The zero-order chi connectivity index (χ0) is 12.5. The highest BCUT2D eigenvalue weighted by Gasteiger charge is 2.33. The Hall–Kier alpha value is -0.170. The van der Waals surface area contributed by atoms with Crippen LogP contribution in [0.2, 0.25) is 0 Å². The Morgan fingerprint density at radius 1 is 1.20 bits per heavy atom. The molecule has 0 unspecified atom stereocenters. The van der Waals surface area contributed by atoms with Gasteiger partial charge in [-0.05, 0) is 34.6 Å². The minimum atomic E-state index is -3.48. The monoisotopic (exact) mass is 237 g/mol. The summed E-state index contributed by atoms with van der Waals surface area (Å²) in [5.41, 5.74) is 4.46. The zero-order valence-corrected chi connectivity index (χ0v) is 11.3. The smallest absolute Gasteiger partial charge is 0.280 e. The van der Waals surface area contributed by atoms with Crippen LogP contribution in [-0.2, 0) is 10.2 Å². The van der Waals surface area contributed by atoms with Gasteiger partial charge in [0, 0.05) is 24.7 Å². The van der Waals surface area contributed by atoms with E-state index in [1.54, 1.807) is 34.6 Å². The van der Waals surface area contributed by atoms with Crippen molar-refractivity contribution >= 4 is 10.2 Å². The van der Waals surface area contributed by atoms with Crippen molar-refractivity contribution < 1.29 is 8.42 Å². The minimum Gasteiger partial charge on any atom is -0.329 e. The first-order chi connectivity index (χ1) is 6.42. The highest BCUT2D eigenvalue weighted by atomic mass is 32.2. The molecule has 0 bridgehead atoms. The molecule has 0 radical (unpaired) electrons. The Labute approximate surface area is 93.2 Å². The number of hydrogen-bond acceptors (Lipinski definition) is 3. The molecule has 0 amide bonds. The van der Waals surface area contributed by atoms with Gasteiger partial charge in [-0.1, -0.05) is 0 Å². The number of rotatable bonds is 4. The van der Waals surface area contributed by atoms with Gasteiger partial charge in [0.1, 0.15) is 0 Å². The first-order valence-corrected chi connectivity index (χ1v) is 6.34. The lowest BCUT2D eigenvalue weighted by Gasteiger charge is -2.35. The predicted octanol–water partition coefficient (Wildman–Crippen LogP) is 0.288. The maximum atomic E-state index is 11.9. The van der Waals surface area contributed by atoms with Gasteiger partial charge < -0.3 is 5.73 Å². The van der Waals surface area contributed by atoms with Crippen molar-refractivity contribution in [2.45, 2.75) is 45.7 Å². The van der Waals surface area contributed by atoms with Gasteiger partial charge in [-0.15, -0.1) is 0 Å². The summed E-state index contributed by atoms with van der Waals surface area (Å²) in [5.74, 6) is 0. The van der Waals surface area contributed by atoms with Crippen LogP contribution in [0, 0.1) is 0 Å². The fraction of sp³-hybridized carbons (Fsp3) is 1.00. The average molecular weight is 237 g/mol. The molecule has 6 heteroatoms. The Bertz CT molecular complexity index is 304. The molecule has 0 saturated carbocycles. The molecular formula is C9H23N3O2S. The van der Waals surface area contributed by atoms with Crippen molar-refractivity contribution in [3.8, 4) is 0 Å². The third-order valence-electron chi connectivity index (χ3n) is 2.15. The molecule has 0 spiro atoms. The van der Waals surface area contributed by atoms with Gasteiger partial charge in [-0.2, -0.15) is 17.4 Å². The van der Waals surface area contributed by atoms with E-state index in [0.29, 0.717) is 0 Å². The summed E-state index contributed by atoms with van der Waals surface area (Å²) in [7, 11) is -1.96. The van der Waals surface area contributed by atoms with Gasteiger partial charge in [0.05, 0.1) is 0 Å². The van der Waals surface area contributed by atoms with Crippen LogP contribution in [0.3, 0.4) is 0 Å². The van der Waals surface area contributed by atoms with Crippen LogP contribution in [0.5, 0.6) is 0 Å². The minimum absolute atomic E-state index is 0.272. The number of nitrogens with one attached hydrogen (secondary N) is 1. The number of nitrogens with two attached hydrogens (primary N) is 1. The van der Waals surface area contributed by atoms with Crippen molar-refractivity contribution in [1.82, 2.24) is 9.03 Å². The molecule has 0 saturated heterocycles. The molecule has 5 nitrogen and oxygen atoms in total. The lowest BCUT2D eigenvalue weighted by atomic mass is 10.1. The van der Waals surface area contributed by atoms with E-state index in [9.17, 15) is 8.42 Å². The fourth-order valence-electron chi connectivity index (χ4n) is 0.909. The van der Waals surface area contributed by atoms with Crippen molar-refractivity contribution in [3.05, 3.63) is 0 Å². The van der Waals surface area contributed by atoms with Crippen molar-refractivity contribution in [3.63, 3.8) is 0 Å². The number of hydrogen-bond donors (Lipinski definition) is 2. The van der Waals surface area contributed by atoms with Gasteiger partial charge >= 0.3 is 0 Å². The lowest BCUT2D eigenvalue weighted by Crippen LogP contribution is -2.56. The quantitative estimate of drug-likeness (QED) is 0.738. The van der Waals surface area contributed by atoms with Crippen LogP contribution >= 0.6 is 0 Å². The molecule has 0 aromatic heterocycles. The summed E-state index contributed by atoms with van der Waals surface area (Å²) in [6.45, 7) is 9.24. The summed E-state index contributed by atoms with van der Waals surface area (Å²) < 4.78 is 27.7. The van der Waals surface area contributed by atoms with Crippen LogP contribution < -0.4 is 10.5 Å². The maximum Gasteiger partial charge on any atom is 0.280 e. The van der Waals surface area contributed by atoms with Crippen LogP contribution in [0.25, 0.3) is 0 Å². The first-order valence-electron chi connectivity index (χ1n) is 4.90. The SMILES string of the molecule is CN(C(C)(C)CN)S(=O)(=O)NC(C)(C)C. The van der Waals surface area contributed by atoms with Crippen molar-refractivity contribution in [2.24, 2.45) is 5.73 Å². The summed E-state index contributed by atoms with van der Waals surface area (Å²) in [4.78, 5) is 0. The third kappa shape index (κ3) is 4.46. The van der Waals surface area contributed by atoms with E-state index in [1.807, 2.05) is 0 Å². The maximum absolute atomic E-state index is 11.9. The molecule has 0 aliphatic heterocycles. The average Bonchev–Trinajstić information content (AvgIpc) is 1.98. The third-order valence-corrected chi connectivity index (χ3v) is 4.23. The molecule has 0 aliphatic rings. The highest BCUT2D eigenvalue weighted by Crippen LogP contribution is 2.15. The van der Waals surface area contributed by atoms with Crippen molar-refractivity contribution in [1.29, 1.82) is 0 Å². The second-order valence-corrected chi connectivity index (χ2v) is 7.04. The van der Waals surface area contributed by atoms with Gasteiger partial charge in [0.25, 0.3) is 10.2 Å². The standard InChI is InChI=1S/C9H23N3O2S/c1-8(2,3)11-15(13,14)12(6)9(4,5)7-10/h11H,7,10H2,1-6H3. The fourth-order valence-corrected chi connectivity index (χ4v) is 2.55. The molecule has 3 N–H and O–H groups in total. The summed E-state index contributed by atoms with van der Waals surface area (Å²) in [6.07, 6.45) is 0. The van der Waals surface area contributed by atoms with E-state index in [2.05, 4.69) is 4.72 Å². The van der Waals surface area contributed by atoms with E-state index in [4.69, 9.17) is 5.73 Å². The highest BCUT2D eigenvalue weighted by molar-refractivity contribution is 7.87. The molecule has 92 valence electrons. The molecule has 0 aromatic rings. The number of nitrogens with zero attached hydrogens (tertiary/aromatic N) is 1. The molecule has 0 atom stereocenters. The van der Waals surface area contributed by atoms with Gasteiger partial charge in [-0.3, -0.25) is 0 Å². The summed E-state index contributed by atoms with van der Waals surface area (Å²) in [5, 5.41) is 0. The molecule has 0 aliphatic carbocycles. The van der Waals surface area contributed by atoms with E-state index < -0.39 is 21.3 Å². The Morgan fingerprint density at radius 3 is 1.87 bits per heavy atom. The van der Waals surface area contributed by atoms with E-state index >= 15 is 0 Å². The van der Waals surface area contributed by atoms with Crippen molar-refractivity contribution in [2.75, 3.05) is 13.6 Å². The van der Waals surface area contributed by atoms with E-state index in [-0.39, 0.29) is 6.54 Å². The van der Waals surface area contributed by atoms with E-state index in [0.717, 1.165) is 0 Å². The Balaban J connectivity index is 4.91. The zero-order valence-electron chi connectivity index (χ0n) is 10.5. The molecule has 0 fully saturated rings. The molecular weight excluding hydrogens is 214 g/mol. The molecule has 15 heavy (non-hydrogen) atoms. The number of likely N-dealkylation sites (N-methyl/N-ethyl adjacent to an activating group) is 1. The Kier molecular flexibility index (Phi) is 4.32. The first kappa shape index (κ1) is 14.8.